The van der Waals surface area contributed by atoms with Crippen LogP contribution in [0.2, 0.25) is 0 Å². The fourth-order valence-corrected chi connectivity index (χ4v) is 6.74. The number of carbonyl (C=O) groups is 2. The van der Waals surface area contributed by atoms with Crippen LogP contribution in [0.4, 0.5) is 18.9 Å². The Labute approximate surface area is 262 Å². The number of carboxylic acids is 1. The van der Waals surface area contributed by atoms with Gasteiger partial charge in [0.2, 0.25) is 5.91 Å². The van der Waals surface area contributed by atoms with Crippen molar-refractivity contribution in [2.45, 2.75) is 24.0 Å². The predicted molar refractivity (Wildman–Crippen MR) is 161 cm³/mol. The van der Waals surface area contributed by atoms with Crippen molar-refractivity contribution in [1.29, 1.82) is 0 Å². The van der Waals surface area contributed by atoms with Crippen molar-refractivity contribution >= 4 is 27.6 Å². The molecule has 4 aromatic carbocycles. The van der Waals surface area contributed by atoms with E-state index in [2.05, 4.69) is 10.1 Å². The second-order valence-electron chi connectivity index (χ2n) is 9.99. The van der Waals surface area contributed by atoms with Crippen molar-refractivity contribution in [3.8, 4) is 28.4 Å². The summed E-state index contributed by atoms with van der Waals surface area (Å²) in [5.41, 5.74) is 1.28. The van der Waals surface area contributed by atoms with Gasteiger partial charge in [0, 0.05) is 23.6 Å². The molecule has 1 aliphatic rings. The van der Waals surface area contributed by atoms with Gasteiger partial charge < -0.3 is 24.6 Å². The number of amides is 1. The van der Waals surface area contributed by atoms with Gasteiger partial charge in [-0.05, 0) is 66.2 Å². The minimum absolute atomic E-state index is 0.0178. The maximum atomic E-state index is 14.1. The molecule has 1 atom stereocenters. The average molecular weight is 657 g/mol. The first-order chi connectivity index (χ1) is 22.0. The van der Waals surface area contributed by atoms with Crippen molar-refractivity contribution < 1.29 is 50.5 Å². The molecule has 0 saturated heterocycles. The Balaban J connectivity index is 1.37. The number of benzene rings is 4. The van der Waals surface area contributed by atoms with Crippen molar-refractivity contribution in [2.24, 2.45) is 0 Å². The minimum atomic E-state index is -4.36. The normalized spacial score (nSPS) is 14.1. The lowest BCUT2D eigenvalue weighted by Crippen LogP contribution is -2.48. The number of methoxy groups -OCH3 is 1. The van der Waals surface area contributed by atoms with E-state index in [1.165, 1.54) is 61.7 Å². The highest BCUT2D eigenvalue weighted by molar-refractivity contribution is 7.93. The molecule has 0 aromatic heterocycles. The molecule has 0 fully saturated rings. The molecule has 1 aliphatic heterocycles. The Morgan fingerprint density at radius 3 is 2.37 bits per heavy atom. The number of anilines is 1. The van der Waals surface area contributed by atoms with E-state index in [-0.39, 0.29) is 41.3 Å². The number of ether oxygens (including phenoxy) is 3. The molecule has 0 radical (unpaired) electrons. The molecule has 0 aliphatic carbocycles. The highest BCUT2D eigenvalue weighted by Crippen LogP contribution is 2.42. The number of alkyl halides is 2. The zero-order valence-electron chi connectivity index (χ0n) is 24.2. The first-order valence-electron chi connectivity index (χ1n) is 13.8. The molecule has 0 unspecified atom stereocenters. The van der Waals surface area contributed by atoms with E-state index in [1.54, 1.807) is 18.2 Å². The third kappa shape index (κ3) is 6.71. The fraction of sp³-hybridized carbons (Fsp3) is 0.188. The van der Waals surface area contributed by atoms with E-state index in [4.69, 9.17) is 14.6 Å². The molecule has 1 amide bonds. The van der Waals surface area contributed by atoms with Gasteiger partial charge in [-0.3, -0.25) is 9.10 Å². The smallest absolute Gasteiger partial charge is 0.387 e. The summed E-state index contributed by atoms with van der Waals surface area (Å²) in [6, 6.07) is 17.7. The van der Waals surface area contributed by atoms with Crippen LogP contribution in [0.25, 0.3) is 11.1 Å². The summed E-state index contributed by atoms with van der Waals surface area (Å²) < 4.78 is 84.2. The highest BCUT2D eigenvalue weighted by Gasteiger charge is 2.43. The zero-order valence-corrected chi connectivity index (χ0v) is 25.0. The van der Waals surface area contributed by atoms with E-state index >= 15 is 0 Å². The van der Waals surface area contributed by atoms with Gasteiger partial charge in [0.15, 0.2) is 0 Å². The third-order valence-electron chi connectivity index (χ3n) is 7.20. The topological polar surface area (TPSA) is 131 Å². The first kappa shape index (κ1) is 32.2. The average Bonchev–Trinajstić information content (AvgIpc) is 3.44. The van der Waals surface area contributed by atoms with Crippen LogP contribution >= 0.6 is 0 Å². The summed E-state index contributed by atoms with van der Waals surface area (Å²) in [7, 11) is -2.93. The molecule has 1 heterocycles. The predicted octanol–water partition coefficient (Wildman–Crippen LogP) is 5.12. The number of carboxylic acid groups (broad SMARTS) is 1. The fourth-order valence-electron chi connectivity index (χ4n) is 5.10. The minimum Gasteiger partial charge on any atom is -0.496 e. The number of hydrogen-bond acceptors (Lipinski definition) is 7. The van der Waals surface area contributed by atoms with Crippen LogP contribution < -0.4 is 23.8 Å². The van der Waals surface area contributed by atoms with Crippen LogP contribution in [0.1, 0.15) is 15.9 Å². The van der Waals surface area contributed by atoms with Crippen LogP contribution in [0.3, 0.4) is 0 Å². The lowest BCUT2D eigenvalue weighted by molar-refractivity contribution is -0.122. The lowest BCUT2D eigenvalue weighted by atomic mass is 10.0. The van der Waals surface area contributed by atoms with Crippen LogP contribution in [0.5, 0.6) is 17.2 Å². The number of sulfonamides is 1. The standard InChI is InChI=1S/C32H27F3N2O8S/c1-43-28-4-2-3-26-25(28)18-27(30(38)36-15-16-44-22-10-5-20(6-11-22)31(39)40)37(26)46(41,42)23-12-7-19(8-13-23)24-14-9-21(33)17-29(24)45-32(34)35/h2-14,17,27,32H,15-16,18H2,1H3,(H,36,38)(H,39,40)/t27-/m0/s1. The number of hydrogen-bond donors (Lipinski definition) is 2. The number of fused-ring (bicyclic) bond motifs is 1. The molecule has 0 saturated carbocycles. The molecule has 5 rings (SSSR count). The lowest BCUT2D eigenvalue weighted by Gasteiger charge is -2.26. The summed E-state index contributed by atoms with van der Waals surface area (Å²) in [4.78, 5) is 24.3. The SMILES string of the molecule is COc1cccc2c1C[C@@H](C(=O)NCCOc1ccc(C(=O)O)cc1)N2S(=O)(=O)c1ccc(-c2ccc(F)cc2OC(F)F)cc1. The van der Waals surface area contributed by atoms with Gasteiger partial charge in [-0.25, -0.2) is 17.6 Å². The third-order valence-corrected chi connectivity index (χ3v) is 9.04. The van der Waals surface area contributed by atoms with Gasteiger partial charge in [0.05, 0.1) is 29.8 Å². The van der Waals surface area contributed by atoms with Crippen LogP contribution in [0.15, 0.2) is 89.8 Å². The molecular formula is C32H27F3N2O8S. The van der Waals surface area contributed by atoms with Crippen LogP contribution in [0, 0.1) is 5.82 Å². The molecule has 4 aromatic rings. The Morgan fingerprint density at radius 2 is 1.72 bits per heavy atom. The Hall–Kier alpha value is -5.24. The van der Waals surface area contributed by atoms with Gasteiger partial charge >= 0.3 is 12.6 Å². The molecular weight excluding hydrogens is 629 g/mol. The molecule has 240 valence electrons. The number of nitrogens with one attached hydrogen (secondary N) is 1. The van der Waals surface area contributed by atoms with E-state index in [0.717, 1.165) is 16.4 Å². The second kappa shape index (κ2) is 13.4. The van der Waals surface area contributed by atoms with Crippen molar-refractivity contribution in [3.05, 3.63) is 102 Å². The monoisotopic (exact) mass is 656 g/mol. The second-order valence-corrected chi connectivity index (χ2v) is 11.8. The molecule has 2 N–H and O–H groups in total. The number of halogens is 3. The maximum Gasteiger partial charge on any atom is 0.387 e. The Kier molecular flexibility index (Phi) is 9.37. The van der Waals surface area contributed by atoms with Crippen LogP contribution in [-0.2, 0) is 21.2 Å². The summed E-state index contributed by atoms with van der Waals surface area (Å²) >= 11 is 0. The van der Waals surface area contributed by atoms with Crippen LogP contribution in [-0.4, -0.2) is 58.3 Å². The van der Waals surface area contributed by atoms with E-state index in [0.29, 0.717) is 22.6 Å². The van der Waals surface area contributed by atoms with Crippen molar-refractivity contribution in [3.63, 3.8) is 0 Å². The largest absolute Gasteiger partial charge is 0.496 e. The quantitative estimate of drug-likeness (QED) is 0.201. The van der Waals surface area contributed by atoms with Crippen molar-refractivity contribution in [2.75, 3.05) is 24.6 Å². The van der Waals surface area contributed by atoms with Gasteiger partial charge in [-0.1, -0.05) is 18.2 Å². The van der Waals surface area contributed by atoms with E-state index < -0.39 is 46.1 Å². The van der Waals surface area contributed by atoms with Gasteiger partial charge in [-0.15, -0.1) is 0 Å². The summed E-state index contributed by atoms with van der Waals surface area (Å²) in [6.07, 6.45) is 0.0178. The molecule has 0 spiro atoms. The summed E-state index contributed by atoms with van der Waals surface area (Å²) in [6.45, 7) is -3.16. The Morgan fingerprint density at radius 1 is 1.00 bits per heavy atom. The van der Waals surface area contributed by atoms with Crippen molar-refractivity contribution in [1.82, 2.24) is 5.32 Å². The number of aromatic carboxylic acids is 1. The number of rotatable bonds is 12. The zero-order chi connectivity index (χ0) is 33.0. The molecule has 0 bridgehead atoms. The Bertz CT molecular complexity index is 1850. The highest BCUT2D eigenvalue weighted by atomic mass is 32.2. The maximum absolute atomic E-state index is 14.1. The van der Waals surface area contributed by atoms with Gasteiger partial charge in [0.25, 0.3) is 10.0 Å². The number of carbonyl (C=O) groups excluding carboxylic acids is 1. The summed E-state index contributed by atoms with van der Waals surface area (Å²) in [5, 5.41) is 11.7. The van der Waals surface area contributed by atoms with Gasteiger partial charge in [-0.2, -0.15) is 8.78 Å². The first-order valence-corrected chi connectivity index (χ1v) is 15.2. The molecule has 10 nitrogen and oxygen atoms in total. The summed E-state index contributed by atoms with van der Waals surface area (Å²) in [5.74, 6) is -2.08. The van der Waals surface area contributed by atoms with Gasteiger partial charge in [0.1, 0.15) is 35.7 Å². The molecule has 14 heteroatoms. The molecule has 46 heavy (non-hydrogen) atoms. The van der Waals surface area contributed by atoms with E-state index in [9.17, 15) is 31.2 Å². The van der Waals surface area contributed by atoms with E-state index in [1.807, 2.05) is 0 Å². The number of nitrogens with zero attached hydrogens (tertiary/aromatic N) is 1.